The van der Waals surface area contributed by atoms with Crippen molar-refractivity contribution in [1.29, 1.82) is 0 Å². The number of ether oxygens (including phenoxy) is 3. The van der Waals surface area contributed by atoms with Gasteiger partial charge >= 0.3 is 5.97 Å². The van der Waals surface area contributed by atoms with Gasteiger partial charge in [0.1, 0.15) is 17.9 Å². The van der Waals surface area contributed by atoms with Crippen molar-refractivity contribution in [2.75, 3.05) is 13.7 Å². The fourth-order valence-electron chi connectivity index (χ4n) is 8.00. The lowest BCUT2D eigenvalue weighted by molar-refractivity contribution is -0.265. The van der Waals surface area contributed by atoms with Crippen LogP contribution in [0.25, 0.3) is 0 Å². The van der Waals surface area contributed by atoms with Gasteiger partial charge < -0.3 is 34.4 Å². The molecule has 0 aliphatic carbocycles. The Morgan fingerprint density at radius 1 is 0.982 bits per heavy atom. The Morgan fingerprint density at radius 3 is 2.42 bits per heavy atom. The van der Waals surface area contributed by atoms with Gasteiger partial charge in [0.15, 0.2) is 0 Å². The van der Waals surface area contributed by atoms with Crippen molar-refractivity contribution in [2.24, 2.45) is 23.7 Å². The number of piperidine rings is 1. The fraction of sp³-hybridized carbons (Fsp3) is 0.644. The third-order valence-corrected chi connectivity index (χ3v) is 13.0. The zero-order valence-electron chi connectivity index (χ0n) is 34.9. The highest BCUT2D eigenvalue weighted by Gasteiger charge is 2.53. The Morgan fingerprint density at radius 2 is 1.72 bits per heavy atom. The maximum Gasteiger partial charge on any atom is 0.329 e. The summed E-state index contributed by atoms with van der Waals surface area (Å²) in [5.74, 6) is -6.14. The number of amides is 1. The van der Waals surface area contributed by atoms with E-state index in [1.165, 1.54) is 16.2 Å². The molecule has 1 amide bonds. The monoisotopic (exact) mass is 811 g/mol. The van der Waals surface area contributed by atoms with Gasteiger partial charge in [0.25, 0.3) is 11.7 Å². The maximum absolute atomic E-state index is 14.1. The van der Waals surface area contributed by atoms with Gasteiger partial charge in [-0.2, -0.15) is 0 Å². The smallest absolute Gasteiger partial charge is 0.329 e. The van der Waals surface area contributed by atoms with Crippen molar-refractivity contribution >= 4 is 34.8 Å². The first-order chi connectivity index (χ1) is 27.1. The quantitative estimate of drug-likeness (QED) is 0.169. The van der Waals surface area contributed by atoms with E-state index in [2.05, 4.69) is 6.92 Å². The van der Waals surface area contributed by atoms with Gasteiger partial charge in [0.2, 0.25) is 5.79 Å². The van der Waals surface area contributed by atoms with Gasteiger partial charge in [-0.25, -0.2) is 4.79 Å². The first kappa shape index (κ1) is 46.4. The standard InChI is InChI=1S/C45H65NO10S/c1-28-13-9-8-10-14-30(3)41(54-7)25-34-18-17-33(6)45(53,56-34)42(50)43(51)46-22-12-11-15-37(46)44(52)55-40(32(5)24-35-19-20-36(27-47)57-35)21-16-29(2)38(48)26-39(49)31(4)23-28/h8-10,13-14,16,19-20,28,31-34,37-38,40-41,47-48,53H,11-12,15,17-18,21-27H2,1-7H3. The largest absolute Gasteiger partial charge is 0.460 e. The van der Waals surface area contributed by atoms with E-state index in [1.54, 1.807) is 27.0 Å². The van der Waals surface area contributed by atoms with Crippen LogP contribution < -0.4 is 0 Å². The number of hydrogen-bond acceptors (Lipinski definition) is 11. The van der Waals surface area contributed by atoms with E-state index in [1.807, 2.05) is 63.3 Å². The van der Waals surface area contributed by atoms with Gasteiger partial charge in [0.05, 0.1) is 24.9 Å². The number of Topliss-reactive ketones (excluding diaryl/α,β-unsaturated/α-hetero) is 2. The molecule has 3 N–H and O–H groups in total. The number of cyclic esters (lactones) is 1. The number of carbonyl (C=O) groups is 4. The highest BCUT2D eigenvalue weighted by atomic mass is 32.1. The van der Waals surface area contributed by atoms with Gasteiger partial charge in [-0.15, -0.1) is 11.3 Å². The molecule has 10 unspecified atom stereocenters. The van der Waals surface area contributed by atoms with E-state index in [-0.39, 0.29) is 55.6 Å². The second kappa shape index (κ2) is 21.7. The number of allylic oxidation sites excluding steroid dienone is 5. The van der Waals surface area contributed by atoms with Gasteiger partial charge in [-0.1, -0.05) is 64.2 Å². The van der Waals surface area contributed by atoms with E-state index < -0.39 is 53.7 Å². The molecular weight excluding hydrogens is 747 g/mol. The van der Waals surface area contributed by atoms with Crippen molar-refractivity contribution in [3.63, 3.8) is 0 Å². The molecule has 0 spiro atoms. The summed E-state index contributed by atoms with van der Waals surface area (Å²) in [5.41, 5.74) is 1.50. The first-order valence-electron chi connectivity index (χ1n) is 20.6. The summed E-state index contributed by atoms with van der Waals surface area (Å²) in [4.78, 5) is 58.5. The van der Waals surface area contributed by atoms with Crippen LogP contribution in [0.3, 0.4) is 0 Å². The zero-order valence-corrected chi connectivity index (χ0v) is 35.7. The Kier molecular flexibility index (Phi) is 17.6. The number of thiophene rings is 1. The SMILES string of the molecule is COC1CC2CCC(C)C(O)(O2)C(=O)C(=O)N2CCCCC2C(=O)OC(C(C)Cc2ccc(CO)s2)CC=C(C)C(O)CC(=O)C(C)CC(C)C=CC=CC=C1C. The minimum Gasteiger partial charge on any atom is -0.460 e. The molecular formula is C45H65NO10S. The lowest BCUT2D eigenvalue weighted by Gasteiger charge is -2.42. The van der Waals surface area contributed by atoms with Crippen LogP contribution in [0.2, 0.25) is 0 Å². The highest BCUT2D eigenvalue weighted by molar-refractivity contribution is 7.11. The molecule has 2 bridgehead atoms. The lowest BCUT2D eigenvalue weighted by Crippen LogP contribution is -2.61. The molecule has 2 fully saturated rings. The summed E-state index contributed by atoms with van der Waals surface area (Å²) >= 11 is 1.48. The molecule has 316 valence electrons. The molecule has 2 saturated heterocycles. The minimum absolute atomic E-state index is 0.0353. The van der Waals surface area contributed by atoms with Crippen molar-refractivity contribution in [1.82, 2.24) is 4.90 Å². The van der Waals surface area contributed by atoms with Crippen LogP contribution in [0.4, 0.5) is 0 Å². The van der Waals surface area contributed by atoms with Crippen molar-refractivity contribution < 1.29 is 48.7 Å². The summed E-state index contributed by atoms with van der Waals surface area (Å²) in [6.07, 6.45) is 13.2. The Labute approximate surface area is 342 Å². The summed E-state index contributed by atoms with van der Waals surface area (Å²) in [5, 5.41) is 32.6. The lowest BCUT2D eigenvalue weighted by atomic mass is 9.85. The molecule has 4 heterocycles. The summed E-state index contributed by atoms with van der Waals surface area (Å²) < 4.78 is 18.2. The average molecular weight is 812 g/mol. The van der Waals surface area contributed by atoms with E-state index in [0.717, 1.165) is 15.3 Å². The number of carbonyl (C=O) groups excluding carboxylic acids is 4. The van der Waals surface area contributed by atoms with Crippen LogP contribution in [0.1, 0.15) is 109 Å². The second-order valence-electron chi connectivity index (χ2n) is 16.6. The molecule has 10 atom stereocenters. The van der Waals surface area contributed by atoms with Gasteiger partial charge in [0, 0.05) is 54.5 Å². The van der Waals surface area contributed by atoms with Crippen LogP contribution in [0.5, 0.6) is 0 Å². The topological polar surface area (TPSA) is 160 Å². The van der Waals surface area contributed by atoms with Crippen LogP contribution >= 0.6 is 11.3 Å². The predicted molar refractivity (Wildman–Crippen MR) is 220 cm³/mol. The fourth-order valence-corrected chi connectivity index (χ4v) is 9.02. The molecule has 12 heteroatoms. The second-order valence-corrected chi connectivity index (χ2v) is 17.8. The summed E-state index contributed by atoms with van der Waals surface area (Å²) in [7, 11) is 1.59. The molecule has 4 rings (SSSR count). The number of esters is 1. The number of rotatable bonds is 5. The zero-order chi connectivity index (χ0) is 41.9. The van der Waals surface area contributed by atoms with Crippen LogP contribution in [-0.4, -0.2) is 93.6 Å². The Bertz CT molecular complexity index is 1660. The average Bonchev–Trinajstić information content (AvgIpc) is 3.65. The normalized spacial score (nSPS) is 32.8. The number of aliphatic hydroxyl groups excluding tert-OH is 2. The predicted octanol–water partition coefficient (Wildman–Crippen LogP) is 6.58. The molecule has 1 aromatic heterocycles. The molecule has 3 aliphatic heterocycles. The number of aliphatic hydroxyl groups is 3. The minimum atomic E-state index is -2.37. The summed E-state index contributed by atoms with van der Waals surface area (Å²) in [6, 6.07) is 2.76. The Balaban J connectivity index is 1.66. The molecule has 57 heavy (non-hydrogen) atoms. The number of ketones is 2. The molecule has 11 nitrogen and oxygen atoms in total. The molecule has 0 radical (unpaired) electrons. The van der Waals surface area contributed by atoms with Crippen molar-refractivity contribution in [3.8, 4) is 0 Å². The van der Waals surface area contributed by atoms with E-state index in [4.69, 9.17) is 14.2 Å². The Hall–Kier alpha value is -3.26. The van der Waals surface area contributed by atoms with E-state index in [0.29, 0.717) is 56.9 Å². The summed E-state index contributed by atoms with van der Waals surface area (Å²) in [6.45, 7) is 11.3. The number of fused-ring (bicyclic) bond motifs is 3. The van der Waals surface area contributed by atoms with Gasteiger partial charge in [-0.3, -0.25) is 14.4 Å². The number of hydrogen-bond donors (Lipinski definition) is 3. The molecule has 0 saturated carbocycles. The van der Waals surface area contributed by atoms with Crippen LogP contribution in [-0.2, 0) is 46.4 Å². The molecule has 0 aromatic carbocycles. The molecule has 3 aliphatic rings. The number of nitrogens with zero attached hydrogens (tertiary/aromatic N) is 1. The van der Waals surface area contributed by atoms with Crippen molar-refractivity contribution in [2.45, 2.75) is 149 Å². The third-order valence-electron chi connectivity index (χ3n) is 11.9. The van der Waals surface area contributed by atoms with E-state index in [9.17, 15) is 34.5 Å². The van der Waals surface area contributed by atoms with Crippen molar-refractivity contribution in [3.05, 3.63) is 69.5 Å². The first-order valence-corrected chi connectivity index (χ1v) is 21.5. The van der Waals surface area contributed by atoms with Gasteiger partial charge in [-0.05, 0) is 93.9 Å². The third kappa shape index (κ3) is 12.6. The van der Waals surface area contributed by atoms with Crippen LogP contribution in [0.15, 0.2) is 59.7 Å². The highest BCUT2D eigenvalue weighted by Crippen LogP contribution is 2.37. The van der Waals surface area contributed by atoms with Crippen LogP contribution in [0, 0.1) is 23.7 Å². The number of methoxy groups -OCH3 is 1. The van der Waals surface area contributed by atoms with E-state index >= 15 is 0 Å². The maximum atomic E-state index is 14.1. The molecule has 1 aromatic rings.